The molecule has 0 bridgehead atoms. The van der Waals surface area contributed by atoms with Crippen LogP contribution < -0.4 is 14.5 Å². The van der Waals surface area contributed by atoms with Crippen molar-refractivity contribution >= 4 is 38.9 Å². The SMILES string of the molecule is CC(C)(C)c1cc(Oc2[c-]c3c(cc2)c2cc(C(C)(C)c4ccccc4)ccc2n3-c2cc(C(C)(C)C)ccn2)[c-]c(N2[CH-]N(c3cc(C(C)(C)C)cc(C(C)(C)c4ccccc4)c3)C=C2c2ccccc2)c1.[Pt]. The zero-order valence-electron chi connectivity index (χ0n) is 45.3. The number of aromatic nitrogens is 2. The minimum absolute atomic E-state index is 0. The Kier molecular flexibility index (Phi) is 13.8. The Morgan fingerprint density at radius 1 is 0.473 bits per heavy atom. The van der Waals surface area contributed by atoms with Crippen LogP contribution >= 0.6 is 0 Å². The van der Waals surface area contributed by atoms with E-state index >= 15 is 0 Å². The summed E-state index contributed by atoms with van der Waals surface area (Å²) in [5.41, 5.74) is 14.0. The zero-order chi connectivity index (χ0) is 51.7. The topological polar surface area (TPSA) is 33.5 Å². The molecule has 0 fully saturated rings. The van der Waals surface area contributed by atoms with Crippen molar-refractivity contribution in [2.75, 3.05) is 9.80 Å². The molecule has 0 aliphatic carbocycles. The van der Waals surface area contributed by atoms with Gasteiger partial charge in [-0.2, -0.15) is 6.07 Å². The van der Waals surface area contributed by atoms with E-state index in [4.69, 9.17) is 9.72 Å². The molecule has 0 radical (unpaired) electrons. The summed E-state index contributed by atoms with van der Waals surface area (Å²) in [7, 11) is 0. The van der Waals surface area contributed by atoms with Gasteiger partial charge in [0.05, 0.1) is 0 Å². The summed E-state index contributed by atoms with van der Waals surface area (Å²) in [5, 5.41) is 2.23. The Labute approximate surface area is 455 Å². The number of pyridine rings is 1. The first-order valence-electron chi connectivity index (χ1n) is 25.8. The molecule has 0 atom stereocenters. The molecule has 0 unspecified atom stereocenters. The van der Waals surface area contributed by atoms with Crippen LogP contribution in [0.5, 0.6) is 11.5 Å². The normalized spacial score (nSPS) is 13.6. The average molecular weight is 1150 g/mol. The summed E-state index contributed by atoms with van der Waals surface area (Å²) >= 11 is 0. The summed E-state index contributed by atoms with van der Waals surface area (Å²) in [6, 6.07) is 66.7. The maximum Gasteiger partial charge on any atom is 0.135 e. The molecule has 0 saturated heterocycles. The molecule has 380 valence electrons. The Morgan fingerprint density at radius 3 is 1.68 bits per heavy atom. The fraction of sp³-hybridized carbons (Fsp3) is 0.265. The smallest absolute Gasteiger partial charge is 0.135 e. The maximum absolute atomic E-state index is 7.01. The van der Waals surface area contributed by atoms with Crippen molar-refractivity contribution in [2.45, 2.75) is 117 Å². The number of rotatable bonds is 10. The summed E-state index contributed by atoms with van der Waals surface area (Å²) in [5.74, 6) is 2.05. The number of fused-ring (bicyclic) bond motifs is 3. The van der Waals surface area contributed by atoms with E-state index in [9.17, 15) is 0 Å². The van der Waals surface area contributed by atoms with Gasteiger partial charge in [-0.15, -0.1) is 53.6 Å². The van der Waals surface area contributed by atoms with Crippen LogP contribution in [0.2, 0.25) is 0 Å². The number of hydrogen-bond acceptors (Lipinski definition) is 4. The third-order valence-corrected chi connectivity index (χ3v) is 15.0. The van der Waals surface area contributed by atoms with Crippen molar-refractivity contribution in [2.24, 2.45) is 0 Å². The van der Waals surface area contributed by atoms with E-state index in [1.807, 2.05) is 12.3 Å². The van der Waals surface area contributed by atoms with Crippen molar-refractivity contribution < 1.29 is 25.8 Å². The summed E-state index contributed by atoms with van der Waals surface area (Å²) in [6.45, 7) is 31.8. The molecule has 1 aliphatic heterocycles. The zero-order valence-corrected chi connectivity index (χ0v) is 47.6. The molecule has 1 aliphatic rings. The summed E-state index contributed by atoms with van der Waals surface area (Å²) < 4.78 is 9.25. The van der Waals surface area contributed by atoms with E-state index in [1.54, 1.807) is 0 Å². The Hall–Kier alpha value is -6.68. The maximum atomic E-state index is 7.01. The molecule has 0 saturated carbocycles. The molecule has 74 heavy (non-hydrogen) atoms. The molecule has 3 heterocycles. The van der Waals surface area contributed by atoms with Crippen LogP contribution in [0.25, 0.3) is 33.3 Å². The van der Waals surface area contributed by atoms with Crippen LogP contribution in [0, 0.1) is 18.8 Å². The Bertz CT molecular complexity index is 3510. The molecule has 0 spiro atoms. The number of benzene rings is 7. The Morgan fingerprint density at radius 2 is 1.05 bits per heavy atom. The minimum Gasteiger partial charge on any atom is -0.509 e. The van der Waals surface area contributed by atoms with Crippen LogP contribution in [0.1, 0.15) is 135 Å². The van der Waals surface area contributed by atoms with Gasteiger partial charge < -0.3 is 19.1 Å². The molecule has 6 heteroatoms. The van der Waals surface area contributed by atoms with Gasteiger partial charge in [-0.05, 0) is 97.1 Å². The molecule has 7 aromatic carbocycles. The molecule has 10 rings (SSSR count). The van der Waals surface area contributed by atoms with Crippen LogP contribution in [-0.4, -0.2) is 9.55 Å². The predicted octanol–water partition coefficient (Wildman–Crippen LogP) is 17.6. The first kappa shape index (κ1) is 52.2. The summed E-state index contributed by atoms with van der Waals surface area (Å²) in [6.07, 6.45) is 4.18. The van der Waals surface area contributed by atoms with E-state index < -0.39 is 0 Å². The van der Waals surface area contributed by atoms with Crippen LogP contribution in [0.3, 0.4) is 0 Å². The number of ether oxygens (including phenoxy) is 1. The molecule has 5 nitrogen and oxygen atoms in total. The molecule has 0 N–H and O–H groups in total. The van der Waals surface area contributed by atoms with E-state index in [0.29, 0.717) is 11.5 Å². The van der Waals surface area contributed by atoms with Gasteiger partial charge in [0.15, 0.2) is 0 Å². The van der Waals surface area contributed by atoms with Gasteiger partial charge in [0.1, 0.15) is 5.82 Å². The van der Waals surface area contributed by atoms with Crippen LogP contribution in [-0.2, 0) is 48.1 Å². The Balaban J connectivity index is 0.00000672. The largest absolute Gasteiger partial charge is 0.509 e. The molecule has 0 amide bonds. The first-order chi connectivity index (χ1) is 34.6. The standard InChI is InChI=1S/C68H69N4O.Pt/c1-64(2,3)49-33-34-69-63(41-49)72-60-32-29-50(67(10,11)47-25-19-15-20-26-47)40-59(60)58-31-30-56(43-61(58)72)73-57-39-52(66(7,8)9)37-55(42-57)71-45-70(44-62(71)46-23-17-14-18-24-46)54-36-51(65(4,5)6)35-53(38-54)68(12,13)48-27-21-16-22-28-48;/h14-41,44-45H,1-13H3;/q-3;. The predicted molar refractivity (Wildman–Crippen MR) is 306 cm³/mol. The van der Waals surface area contributed by atoms with Crippen molar-refractivity contribution in [1.82, 2.24) is 9.55 Å². The molecular weight excluding hydrogens is 1080 g/mol. The second kappa shape index (κ2) is 19.5. The van der Waals surface area contributed by atoms with Crippen LogP contribution in [0.4, 0.5) is 11.4 Å². The summed E-state index contributed by atoms with van der Waals surface area (Å²) in [4.78, 5) is 9.54. The minimum atomic E-state index is -0.229. The van der Waals surface area contributed by atoms with E-state index in [0.717, 1.165) is 55.8 Å². The van der Waals surface area contributed by atoms with Crippen molar-refractivity contribution in [1.29, 1.82) is 0 Å². The van der Waals surface area contributed by atoms with E-state index in [2.05, 4.69) is 287 Å². The quantitative estimate of drug-likeness (QED) is 0.128. The third-order valence-electron chi connectivity index (χ3n) is 15.0. The fourth-order valence-corrected chi connectivity index (χ4v) is 10.0. The molecular formula is C68H69N4OPt-3. The van der Waals surface area contributed by atoms with Gasteiger partial charge in [0.25, 0.3) is 0 Å². The number of nitrogens with zero attached hydrogens (tertiary/aromatic N) is 4. The van der Waals surface area contributed by atoms with E-state index in [1.165, 1.54) is 33.4 Å². The monoisotopic (exact) mass is 1150 g/mol. The molecule has 9 aromatic rings. The van der Waals surface area contributed by atoms with E-state index in [-0.39, 0.29) is 48.1 Å². The second-order valence-electron chi connectivity index (χ2n) is 24.0. The number of anilines is 2. The third kappa shape index (κ3) is 10.1. The van der Waals surface area contributed by atoms with Gasteiger partial charge in [0.2, 0.25) is 0 Å². The van der Waals surface area contributed by atoms with Crippen LogP contribution in [0.15, 0.2) is 176 Å². The van der Waals surface area contributed by atoms with Gasteiger partial charge >= 0.3 is 0 Å². The van der Waals surface area contributed by atoms with Gasteiger partial charge in [0, 0.05) is 66.5 Å². The van der Waals surface area contributed by atoms with Crippen molar-refractivity contribution in [3.63, 3.8) is 0 Å². The van der Waals surface area contributed by atoms with Crippen molar-refractivity contribution in [3.8, 4) is 17.3 Å². The first-order valence-corrected chi connectivity index (χ1v) is 25.8. The molecule has 2 aromatic heterocycles. The fourth-order valence-electron chi connectivity index (χ4n) is 10.0. The number of hydrogen-bond donors (Lipinski definition) is 0. The second-order valence-corrected chi connectivity index (χ2v) is 24.0. The van der Waals surface area contributed by atoms with Crippen molar-refractivity contribution in [3.05, 3.63) is 239 Å². The van der Waals surface area contributed by atoms with Gasteiger partial charge in [-0.25, -0.2) is 4.98 Å². The van der Waals surface area contributed by atoms with Gasteiger partial charge in [-0.1, -0.05) is 205 Å². The average Bonchev–Trinajstić information content (AvgIpc) is 3.96. The van der Waals surface area contributed by atoms with Gasteiger partial charge in [-0.3, -0.25) is 0 Å².